The van der Waals surface area contributed by atoms with Gasteiger partial charge in [-0.3, -0.25) is 4.79 Å². The first-order chi connectivity index (χ1) is 13.6. The smallest absolute Gasteiger partial charge is 0.255 e. The number of rotatable bonds is 7. The van der Waals surface area contributed by atoms with Crippen molar-refractivity contribution < 1.29 is 14.3 Å². The van der Waals surface area contributed by atoms with Crippen LogP contribution in [-0.2, 0) is 5.75 Å². The van der Waals surface area contributed by atoms with E-state index >= 15 is 0 Å². The molecule has 4 nitrogen and oxygen atoms in total. The molecular formula is C23H23NO3S. The fourth-order valence-electron chi connectivity index (χ4n) is 2.82. The van der Waals surface area contributed by atoms with Crippen molar-refractivity contribution in [3.8, 4) is 11.5 Å². The van der Waals surface area contributed by atoms with Crippen molar-refractivity contribution >= 4 is 23.4 Å². The lowest BCUT2D eigenvalue weighted by atomic mass is 10.1. The van der Waals surface area contributed by atoms with Crippen molar-refractivity contribution in [3.63, 3.8) is 0 Å². The van der Waals surface area contributed by atoms with Crippen LogP contribution in [0.1, 0.15) is 21.5 Å². The van der Waals surface area contributed by atoms with Gasteiger partial charge in [-0.25, -0.2) is 0 Å². The molecule has 3 aromatic rings. The summed E-state index contributed by atoms with van der Waals surface area (Å²) >= 11 is 1.70. The van der Waals surface area contributed by atoms with Gasteiger partial charge in [0.1, 0.15) is 11.5 Å². The zero-order valence-electron chi connectivity index (χ0n) is 16.2. The number of ether oxygens (including phenoxy) is 2. The lowest BCUT2D eigenvalue weighted by Crippen LogP contribution is -2.13. The average molecular weight is 394 g/mol. The Morgan fingerprint density at radius 1 is 0.929 bits per heavy atom. The van der Waals surface area contributed by atoms with Gasteiger partial charge in [0, 0.05) is 21.8 Å². The highest BCUT2D eigenvalue weighted by Crippen LogP contribution is 2.30. The van der Waals surface area contributed by atoms with Crippen LogP contribution < -0.4 is 14.8 Å². The largest absolute Gasteiger partial charge is 0.496 e. The summed E-state index contributed by atoms with van der Waals surface area (Å²) < 4.78 is 10.8. The van der Waals surface area contributed by atoms with Crippen LogP contribution in [0.4, 0.5) is 5.69 Å². The molecule has 0 atom stereocenters. The predicted octanol–water partition coefficient (Wildman–Crippen LogP) is 5.56. The molecule has 0 unspecified atom stereocenters. The molecule has 0 aliphatic heterocycles. The van der Waals surface area contributed by atoms with E-state index in [2.05, 4.69) is 17.4 Å². The van der Waals surface area contributed by atoms with Gasteiger partial charge < -0.3 is 14.8 Å². The maximum absolute atomic E-state index is 12.8. The Balaban J connectivity index is 1.80. The number of anilines is 1. The van der Waals surface area contributed by atoms with E-state index in [1.807, 2.05) is 55.5 Å². The van der Waals surface area contributed by atoms with Gasteiger partial charge in [0.15, 0.2) is 0 Å². The highest BCUT2D eigenvalue weighted by atomic mass is 32.2. The zero-order chi connectivity index (χ0) is 19.9. The maximum Gasteiger partial charge on any atom is 0.255 e. The van der Waals surface area contributed by atoms with Gasteiger partial charge in [0.2, 0.25) is 0 Å². The summed E-state index contributed by atoms with van der Waals surface area (Å²) in [4.78, 5) is 14.0. The number of amides is 1. The van der Waals surface area contributed by atoms with Crippen LogP contribution in [0, 0.1) is 6.92 Å². The molecule has 0 saturated carbocycles. The van der Waals surface area contributed by atoms with Crippen molar-refractivity contribution in [2.75, 3.05) is 19.5 Å². The predicted molar refractivity (Wildman–Crippen MR) is 115 cm³/mol. The fourth-order valence-corrected chi connectivity index (χ4v) is 3.72. The number of hydrogen-bond donors (Lipinski definition) is 1. The van der Waals surface area contributed by atoms with Crippen molar-refractivity contribution in [1.29, 1.82) is 0 Å². The second kappa shape index (κ2) is 9.33. The molecule has 0 aromatic heterocycles. The highest BCUT2D eigenvalue weighted by molar-refractivity contribution is 7.98. The summed E-state index contributed by atoms with van der Waals surface area (Å²) in [6, 6.07) is 21.3. The first kappa shape index (κ1) is 19.8. The average Bonchev–Trinajstić information content (AvgIpc) is 2.73. The summed E-state index contributed by atoms with van der Waals surface area (Å²) in [5.41, 5.74) is 3.25. The Labute approximate surface area is 169 Å². The summed E-state index contributed by atoms with van der Waals surface area (Å²) in [6.45, 7) is 1.97. The Morgan fingerprint density at radius 2 is 1.64 bits per heavy atom. The number of carbonyl (C=O) groups excluding carboxylic acids is 1. The number of hydrogen-bond acceptors (Lipinski definition) is 4. The topological polar surface area (TPSA) is 47.6 Å². The minimum atomic E-state index is -0.183. The van der Waals surface area contributed by atoms with Crippen molar-refractivity contribution in [1.82, 2.24) is 0 Å². The Bertz CT molecular complexity index is 957. The molecular weight excluding hydrogens is 370 g/mol. The zero-order valence-corrected chi connectivity index (χ0v) is 17.0. The number of methoxy groups -OCH3 is 2. The van der Waals surface area contributed by atoms with Crippen molar-refractivity contribution in [3.05, 3.63) is 83.4 Å². The van der Waals surface area contributed by atoms with Crippen LogP contribution in [0.25, 0.3) is 0 Å². The van der Waals surface area contributed by atoms with E-state index in [-0.39, 0.29) is 5.91 Å². The number of thioether (sulfide) groups is 1. The molecule has 0 aliphatic rings. The second-order valence-electron chi connectivity index (χ2n) is 6.29. The molecule has 0 aliphatic carbocycles. The highest BCUT2D eigenvalue weighted by Gasteiger charge is 2.13. The third-order valence-corrected chi connectivity index (χ3v) is 5.34. The standard InChI is InChI=1S/C23H23NO3S/c1-16-9-11-22(27-3)20(13-16)24-23(25)17-10-12-21(26-2)18(14-17)15-28-19-7-5-4-6-8-19/h4-14H,15H2,1-3H3,(H,24,25). The van der Waals surface area contributed by atoms with Gasteiger partial charge in [-0.2, -0.15) is 0 Å². The SMILES string of the molecule is COc1ccc(C(=O)Nc2cc(C)ccc2OC)cc1CSc1ccccc1. The van der Waals surface area contributed by atoms with Crippen molar-refractivity contribution in [2.45, 2.75) is 17.6 Å². The molecule has 0 bridgehead atoms. The summed E-state index contributed by atoms with van der Waals surface area (Å²) in [6.07, 6.45) is 0. The minimum absolute atomic E-state index is 0.183. The van der Waals surface area contributed by atoms with E-state index in [1.165, 1.54) is 4.90 Å². The molecule has 144 valence electrons. The number of nitrogens with one attached hydrogen (secondary N) is 1. The molecule has 5 heteroatoms. The first-order valence-corrected chi connectivity index (χ1v) is 9.90. The summed E-state index contributed by atoms with van der Waals surface area (Å²) in [5.74, 6) is 1.93. The number of aryl methyl sites for hydroxylation is 1. The van der Waals surface area contributed by atoms with Crippen LogP contribution in [0.5, 0.6) is 11.5 Å². The maximum atomic E-state index is 12.8. The molecule has 3 aromatic carbocycles. The lowest BCUT2D eigenvalue weighted by molar-refractivity contribution is 0.102. The van der Waals surface area contributed by atoms with Crippen LogP contribution in [0.15, 0.2) is 71.6 Å². The molecule has 0 heterocycles. The molecule has 3 rings (SSSR count). The summed E-state index contributed by atoms with van der Waals surface area (Å²) in [7, 11) is 3.23. The van der Waals surface area contributed by atoms with Crippen LogP contribution in [0.3, 0.4) is 0 Å². The molecule has 0 fully saturated rings. The van der Waals surface area contributed by atoms with E-state index in [0.717, 1.165) is 16.9 Å². The molecule has 0 radical (unpaired) electrons. The molecule has 0 saturated heterocycles. The normalized spacial score (nSPS) is 10.4. The third-order valence-electron chi connectivity index (χ3n) is 4.28. The second-order valence-corrected chi connectivity index (χ2v) is 7.33. The fraction of sp³-hybridized carbons (Fsp3) is 0.174. The molecule has 28 heavy (non-hydrogen) atoms. The van der Waals surface area contributed by atoms with E-state index in [1.54, 1.807) is 32.0 Å². The lowest BCUT2D eigenvalue weighted by Gasteiger charge is -2.13. The summed E-state index contributed by atoms with van der Waals surface area (Å²) in [5, 5.41) is 2.95. The van der Waals surface area contributed by atoms with E-state index < -0.39 is 0 Å². The van der Waals surface area contributed by atoms with Gasteiger partial charge in [-0.1, -0.05) is 24.3 Å². The molecule has 1 amide bonds. The quantitative estimate of drug-likeness (QED) is 0.534. The number of carbonyl (C=O) groups is 1. The van der Waals surface area contributed by atoms with Crippen molar-refractivity contribution in [2.24, 2.45) is 0 Å². The molecule has 0 spiro atoms. The van der Waals surface area contributed by atoms with Gasteiger partial charge in [0.25, 0.3) is 5.91 Å². The van der Waals surface area contributed by atoms with Gasteiger partial charge in [0.05, 0.1) is 19.9 Å². The van der Waals surface area contributed by atoms with Crippen LogP contribution >= 0.6 is 11.8 Å². The van der Waals surface area contributed by atoms with Gasteiger partial charge in [-0.05, 0) is 55.0 Å². The van der Waals surface area contributed by atoms with E-state index in [0.29, 0.717) is 22.8 Å². The Hall–Kier alpha value is -2.92. The van der Waals surface area contributed by atoms with Gasteiger partial charge >= 0.3 is 0 Å². The molecule has 1 N–H and O–H groups in total. The Morgan fingerprint density at radius 3 is 2.36 bits per heavy atom. The Kier molecular flexibility index (Phi) is 6.61. The first-order valence-electron chi connectivity index (χ1n) is 8.91. The number of benzene rings is 3. The van der Waals surface area contributed by atoms with Crippen LogP contribution in [0.2, 0.25) is 0 Å². The monoisotopic (exact) mass is 393 g/mol. The van der Waals surface area contributed by atoms with E-state index in [4.69, 9.17) is 9.47 Å². The van der Waals surface area contributed by atoms with Crippen LogP contribution in [-0.4, -0.2) is 20.1 Å². The van der Waals surface area contributed by atoms with E-state index in [9.17, 15) is 4.79 Å². The van der Waals surface area contributed by atoms with Gasteiger partial charge in [-0.15, -0.1) is 11.8 Å². The third kappa shape index (κ3) is 4.87. The minimum Gasteiger partial charge on any atom is -0.496 e.